The van der Waals surface area contributed by atoms with E-state index in [1.165, 1.54) is 12.1 Å². The van der Waals surface area contributed by atoms with Crippen LogP contribution in [0.5, 0.6) is 0 Å². The number of thioether (sulfide) groups is 1. The fourth-order valence-electron chi connectivity index (χ4n) is 2.65. The highest BCUT2D eigenvalue weighted by atomic mass is 32.2. The van der Waals surface area contributed by atoms with Crippen LogP contribution in [0.25, 0.3) is 11.3 Å². The maximum absolute atomic E-state index is 13.0. The van der Waals surface area contributed by atoms with Gasteiger partial charge in [-0.25, -0.2) is 17.8 Å². The van der Waals surface area contributed by atoms with Crippen LogP contribution < -0.4 is 4.72 Å². The number of fused-ring (bicyclic) bond motifs is 1. The highest BCUT2D eigenvalue weighted by molar-refractivity contribution is 7.99. The quantitative estimate of drug-likeness (QED) is 0.757. The molecular weight excluding hydrogens is 361 g/mol. The van der Waals surface area contributed by atoms with Gasteiger partial charge in [-0.15, -0.1) is 0 Å². The van der Waals surface area contributed by atoms with Crippen molar-refractivity contribution in [1.29, 1.82) is 0 Å². The molecule has 0 fully saturated rings. The van der Waals surface area contributed by atoms with E-state index in [1.54, 1.807) is 23.9 Å². The molecule has 0 unspecified atom stereocenters. The first-order chi connectivity index (χ1) is 12.0. The number of hydrogen-bond donors (Lipinski definition) is 1. The lowest BCUT2D eigenvalue weighted by atomic mass is 10.1. The molecule has 1 aromatic heterocycles. The summed E-state index contributed by atoms with van der Waals surface area (Å²) in [6, 6.07) is 11.8. The number of aryl methyl sites for hydroxylation is 1. The van der Waals surface area contributed by atoms with E-state index in [1.807, 2.05) is 18.3 Å². The molecule has 25 heavy (non-hydrogen) atoms. The number of nitrogens with zero attached hydrogens (tertiary/aromatic N) is 2. The maximum atomic E-state index is 13.0. The zero-order chi connectivity index (χ0) is 17.4. The van der Waals surface area contributed by atoms with E-state index < -0.39 is 15.8 Å². The molecule has 0 amide bonds. The van der Waals surface area contributed by atoms with Gasteiger partial charge in [0.05, 0.1) is 16.3 Å². The fraction of sp³-hybridized carbons (Fsp3) is 0.118. The number of benzene rings is 2. The molecule has 0 atom stereocenters. The molecule has 0 spiro atoms. The number of anilines is 1. The number of hydrogen-bond acceptors (Lipinski definition) is 4. The predicted molar refractivity (Wildman–Crippen MR) is 95.6 cm³/mol. The van der Waals surface area contributed by atoms with Crippen molar-refractivity contribution in [2.45, 2.75) is 16.6 Å². The Bertz CT molecular complexity index is 1010. The minimum Gasteiger partial charge on any atom is -0.325 e. The summed E-state index contributed by atoms with van der Waals surface area (Å²) in [4.78, 5) is 4.58. The van der Waals surface area contributed by atoms with Crippen LogP contribution in [-0.2, 0) is 16.6 Å². The Labute approximate surface area is 149 Å². The number of sulfonamides is 1. The van der Waals surface area contributed by atoms with Gasteiger partial charge >= 0.3 is 0 Å². The normalized spacial score (nSPS) is 13.6. The van der Waals surface area contributed by atoms with Crippen LogP contribution in [0.2, 0.25) is 0 Å². The number of aromatic nitrogens is 2. The van der Waals surface area contributed by atoms with Crippen molar-refractivity contribution in [3.05, 3.63) is 60.5 Å². The van der Waals surface area contributed by atoms with Crippen LogP contribution in [0.4, 0.5) is 10.1 Å². The number of rotatable bonds is 4. The summed E-state index contributed by atoms with van der Waals surface area (Å²) in [6.45, 7) is 0.899. The van der Waals surface area contributed by atoms with E-state index in [2.05, 4.69) is 14.3 Å². The van der Waals surface area contributed by atoms with Crippen LogP contribution in [-0.4, -0.2) is 23.7 Å². The van der Waals surface area contributed by atoms with Gasteiger partial charge in [-0.3, -0.25) is 4.72 Å². The van der Waals surface area contributed by atoms with Gasteiger partial charge in [-0.2, -0.15) is 0 Å². The van der Waals surface area contributed by atoms with E-state index in [4.69, 9.17) is 0 Å². The number of imidazole rings is 1. The topological polar surface area (TPSA) is 64.0 Å². The van der Waals surface area contributed by atoms with Gasteiger partial charge in [0.15, 0.2) is 5.16 Å². The molecule has 3 aromatic rings. The third-order valence-corrected chi connectivity index (χ3v) is 6.23. The minimum absolute atomic E-state index is 0.00610. The zero-order valence-corrected chi connectivity index (χ0v) is 14.6. The largest absolute Gasteiger partial charge is 0.325 e. The number of para-hydroxylation sites is 1. The molecule has 0 aliphatic carbocycles. The molecule has 0 bridgehead atoms. The van der Waals surface area contributed by atoms with Crippen LogP contribution in [0, 0.1) is 5.82 Å². The molecule has 128 valence electrons. The summed E-state index contributed by atoms with van der Waals surface area (Å²) < 4.78 is 42.8. The van der Waals surface area contributed by atoms with E-state index >= 15 is 0 Å². The number of nitrogens with one attached hydrogen (secondary N) is 1. The van der Waals surface area contributed by atoms with Gasteiger partial charge in [0.2, 0.25) is 0 Å². The smallest absolute Gasteiger partial charge is 0.261 e. The van der Waals surface area contributed by atoms with Crippen molar-refractivity contribution >= 4 is 27.5 Å². The molecule has 1 aliphatic rings. The monoisotopic (exact) mass is 375 g/mol. The first-order valence-electron chi connectivity index (χ1n) is 7.61. The van der Waals surface area contributed by atoms with E-state index in [-0.39, 0.29) is 4.90 Å². The summed E-state index contributed by atoms with van der Waals surface area (Å²) in [7, 11) is -3.81. The lowest BCUT2D eigenvalue weighted by Crippen LogP contribution is -2.13. The second-order valence-electron chi connectivity index (χ2n) is 5.56. The van der Waals surface area contributed by atoms with E-state index in [0.29, 0.717) is 11.3 Å². The van der Waals surface area contributed by atoms with E-state index in [9.17, 15) is 12.8 Å². The van der Waals surface area contributed by atoms with Crippen molar-refractivity contribution in [3.63, 3.8) is 0 Å². The fourth-order valence-corrected chi connectivity index (χ4v) is 4.68. The molecule has 4 rings (SSSR count). The predicted octanol–water partition coefficient (Wildman–Crippen LogP) is 3.60. The first kappa shape index (κ1) is 16.2. The molecule has 0 saturated carbocycles. The Kier molecular flexibility index (Phi) is 4.01. The van der Waals surface area contributed by atoms with Gasteiger partial charge < -0.3 is 4.57 Å². The van der Waals surface area contributed by atoms with Crippen LogP contribution in [0.3, 0.4) is 0 Å². The van der Waals surface area contributed by atoms with Crippen molar-refractivity contribution in [3.8, 4) is 11.3 Å². The van der Waals surface area contributed by atoms with Crippen molar-refractivity contribution in [2.75, 3.05) is 10.5 Å². The molecular formula is C17H14FN3O2S2. The van der Waals surface area contributed by atoms with Crippen LogP contribution in [0.1, 0.15) is 0 Å². The minimum atomic E-state index is -3.81. The SMILES string of the molecule is O=S(=O)(Nc1ccccc1-c1cn2c(n1)SCC2)c1ccc(F)cc1. The summed E-state index contributed by atoms with van der Waals surface area (Å²) >= 11 is 1.68. The second kappa shape index (κ2) is 6.20. The average molecular weight is 375 g/mol. The van der Waals surface area contributed by atoms with Crippen LogP contribution in [0.15, 0.2) is 64.8 Å². The molecule has 1 N–H and O–H groups in total. The maximum Gasteiger partial charge on any atom is 0.261 e. The summed E-state index contributed by atoms with van der Waals surface area (Å²) in [5.74, 6) is 0.519. The summed E-state index contributed by atoms with van der Waals surface area (Å²) in [6.07, 6.45) is 1.93. The Morgan fingerprint density at radius 3 is 2.64 bits per heavy atom. The lowest BCUT2D eigenvalue weighted by Gasteiger charge is -2.11. The number of halogens is 1. The third kappa shape index (κ3) is 3.14. The molecule has 2 heterocycles. The second-order valence-corrected chi connectivity index (χ2v) is 8.30. The van der Waals surface area contributed by atoms with Crippen molar-refractivity contribution < 1.29 is 12.8 Å². The summed E-state index contributed by atoms with van der Waals surface area (Å²) in [5.41, 5.74) is 1.86. The molecule has 1 aliphatic heterocycles. The lowest BCUT2D eigenvalue weighted by molar-refractivity contribution is 0.599. The third-order valence-electron chi connectivity index (χ3n) is 3.87. The van der Waals surface area contributed by atoms with Crippen molar-refractivity contribution in [2.24, 2.45) is 0 Å². The molecule has 8 heteroatoms. The van der Waals surface area contributed by atoms with Crippen LogP contribution >= 0.6 is 11.8 Å². The average Bonchev–Trinajstić information content (AvgIpc) is 3.17. The Morgan fingerprint density at radius 2 is 1.88 bits per heavy atom. The Morgan fingerprint density at radius 1 is 1.12 bits per heavy atom. The standard InChI is InChI=1S/C17H14FN3O2S2/c18-12-5-7-13(8-6-12)25(22,23)20-15-4-2-1-3-14(15)16-11-21-9-10-24-17(21)19-16/h1-8,11,20H,9-10H2. The van der Waals surface area contributed by atoms with Gasteiger partial charge in [0, 0.05) is 24.1 Å². The van der Waals surface area contributed by atoms with Gasteiger partial charge in [0.25, 0.3) is 10.0 Å². The Hall–Kier alpha value is -2.32. The van der Waals surface area contributed by atoms with Gasteiger partial charge in [0.1, 0.15) is 5.82 Å². The molecule has 0 radical (unpaired) electrons. The highest BCUT2D eigenvalue weighted by Gasteiger charge is 2.20. The molecule has 2 aromatic carbocycles. The molecule has 5 nitrogen and oxygen atoms in total. The van der Waals surface area contributed by atoms with Gasteiger partial charge in [-0.05, 0) is 30.3 Å². The zero-order valence-electron chi connectivity index (χ0n) is 13.0. The van der Waals surface area contributed by atoms with Crippen molar-refractivity contribution in [1.82, 2.24) is 9.55 Å². The highest BCUT2D eigenvalue weighted by Crippen LogP contribution is 2.33. The Balaban J connectivity index is 1.70. The molecule has 0 saturated heterocycles. The summed E-state index contributed by atoms with van der Waals surface area (Å²) in [5, 5.41) is 0.936. The van der Waals surface area contributed by atoms with E-state index in [0.717, 1.165) is 35.3 Å². The first-order valence-corrected chi connectivity index (χ1v) is 10.1. The van der Waals surface area contributed by atoms with Gasteiger partial charge in [-0.1, -0.05) is 30.0 Å².